The molecular formula is C12H9ClF3NO2S. The Labute approximate surface area is 122 Å². The van der Waals surface area contributed by atoms with Gasteiger partial charge in [0.1, 0.15) is 6.07 Å². The van der Waals surface area contributed by atoms with Crippen LogP contribution in [0.3, 0.4) is 0 Å². The van der Waals surface area contributed by atoms with E-state index in [2.05, 4.69) is 0 Å². The van der Waals surface area contributed by atoms with Gasteiger partial charge in [0.25, 0.3) is 0 Å². The molecule has 0 aliphatic rings. The molecule has 8 heteroatoms. The van der Waals surface area contributed by atoms with Crippen molar-refractivity contribution in [2.45, 2.75) is 23.2 Å². The van der Waals surface area contributed by atoms with Crippen molar-refractivity contribution in [3.05, 3.63) is 28.8 Å². The number of esters is 1. The summed E-state index contributed by atoms with van der Waals surface area (Å²) in [6, 6.07) is 3.92. The number of rotatable bonds is 4. The van der Waals surface area contributed by atoms with Crippen LogP contribution in [0.2, 0.25) is 0 Å². The molecule has 0 atom stereocenters. The molecule has 0 spiro atoms. The highest BCUT2D eigenvalue weighted by Gasteiger charge is 2.32. The van der Waals surface area contributed by atoms with Crippen LogP contribution in [-0.2, 0) is 10.6 Å². The second-order valence-electron chi connectivity index (χ2n) is 3.53. The normalized spacial score (nSPS) is 11.0. The van der Waals surface area contributed by atoms with E-state index in [1.807, 2.05) is 0 Å². The number of benzene rings is 1. The minimum atomic E-state index is -4.54. The molecule has 0 unspecified atom stereocenters. The summed E-state index contributed by atoms with van der Waals surface area (Å²) in [5, 5.41) is 8.95. The third-order valence-electron chi connectivity index (χ3n) is 2.16. The summed E-state index contributed by atoms with van der Waals surface area (Å²) in [6.07, 6.45) is 0. The smallest absolute Gasteiger partial charge is 0.446 e. The van der Waals surface area contributed by atoms with Crippen LogP contribution < -0.4 is 0 Å². The van der Waals surface area contributed by atoms with Gasteiger partial charge in [-0.05, 0) is 36.4 Å². The lowest BCUT2D eigenvalue weighted by Crippen LogP contribution is -2.08. The average molecular weight is 324 g/mol. The van der Waals surface area contributed by atoms with Crippen molar-refractivity contribution in [3.63, 3.8) is 0 Å². The number of hydrogen-bond donors (Lipinski definition) is 0. The quantitative estimate of drug-likeness (QED) is 0.476. The van der Waals surface area contributed by atoms with Gasteiger partial charge in [-0.1, -0.05) is 0 Å². The van der Waals surface area contributed by atoms with Gasteiger partial charge in [-0.2, -0.15) is 18.4 Å². The highest BCUT2D eigenvalue weighted by Crippen LogP contribution is 2.41. The number of carbonyl (C=O) groups excluding carboxylic acids is 1. The number of thioether (sulfide) groups is 1. The molecule has 1 aromatic rings. The lowest BCUT2D eigenvalue weighted by Gasteiger charge is -2.13. The molecule has 0 radical (unpaired) electrons. The van der Waals surface area contributed by atoms with Crippen LogP contribution in [0, 0.1) is 11.3 Å². The summed E-state index contributed by atoms with van der Waals surface area (Å²) >= 11 is 5.18. The molecule has 108 valence electrons. The second-order valence-corrected chi connectivity index (χ2v) is 4.87. The van der Waals surface area contributed by atoms with E-state index < -0.39 is 23.2 Å². The zero-order valence-electron chi connectivity index (χ0n) is 10.3. The Balaban J connectivity index is 3.33. The first-order valence-corrected chi connectivity index (χ1v) is 6.73. The summed E-state index contributed by atoms with van der Waals surface area (Å²) in [6.45, 7) is 1.72. The van der Waals surface area contributed by atoms with Gasteiger partial charge in [0.15, 0.2) is 0 Å². The number of halogens is 4. The van der Waals surface area contributed by atoms with Gasteiger partial charge in [-0.25, -0.2) is 4.79 Å². The fourth-order valence-corrected chi connectivity index (χ4v) is 2.44. The van der Waals surface area contributed by atoms with Crippen LogP contribution in [0.4, 0.5) is 13.2 Å². The molecule has 0 heterocycles. The Kier molecular flexibility index (Phi) is 5.72. The van der Waals surface area contributed by atoms with E-state index in [9.17, 15) is 18.0 Å². The number of ether oxygens (including phenoxy) is 1. The maximum Gasteiger partial charge on any atom is 0.446 e. The number of nitriles is 1. The molecule has 1 rings (SSSR count). The maximum absolute atomic E-state index is 12.5. The molecule has 20 heavy (non-hydrogen) atoms. The summed E-state index contributed by atoms with van der Waals surface area (Å²) in [4.78, 5) is 11.3. The second kappa shape index (κ2) is 6.86. The van der Waals surface area contributed by atoms with Crippen molar-refractivity contribution in [2.75, 3.05) is 6.61 Å². The maximum atomic E-state index is 12.5. The Bertz CT molecular complexity index is 555. The van der Waals surface area contributed by atoms with Crippen molar-refractivity contribution in [1.29, 1.82) is 5.26 Å². The molecule has 3 nitrogen and oxygen atoms in total. The molecule has 0 aliphatic heterocycles. The largest absolute Gasteiger partial charge is 0.462 e. The summed E-state index contributed by atoms with van der Waals surface area (Å²) < 4.78 is 42.2. The highest BCUT2D eigenvalue weighted by atomic mass is 35.5. The summed E-state index contributed by atoms with van der Waals surface area (Å²) in [7, 11) is 0. The van der Waals surface area contributed by atoms with E-state index in [0.717, 1.165) is 6.07 Å². The standard InChI is InChI=1S/C12H9ClF3NO2S/c1-2-19-11(18)7-3-8(5-13)10(9(4-7)6-17)20-12(14,15)16/h3-4H,2,5H2,1H3. The van der Waals surface area contributed by atoms with Crippen LogP contribution in [-0.4, -0.2) is 18.1 Å². The van der Waals surface area contributed by atoms with E-state index in [4.69, 9.17) is 21.6 Å². The summed E-state index contributed by atoms with van der Waals surface area (Å²) in [5.74, 6) is -0.959. The van der Waals surface area contributed by atoms with Crippen LogP contribution in [0.5, 0.6) is 0 Å². The molecule has 0 N–H and O–H groups in total. The first-order valence-electron chi connectivity index (χ1n) is 5.38. The van der Waals surface area contributed by atoms with Crippen molar-refractivity contribution >= 4 is 29.3 Å². The molecule has 0 saturated carbocycles. The lowest BCUT2D eigenvalue weighted by molar-refractivity contribution is -0.0328. The first kappa shape index (κ1) is 16.7. The lowest BCUT2D eigenvalue weighted by atomic mass is 10.1. The zero-order valence-corrected chi connectivity index (χ0v) is 11.8. The fraction of sp³-hybridized carbons (Fsp3) is 0.333. The number of alkyl halides is 4. The van der Waals surface area contributed by atoms with E-state index in [-0.39, 0.29) is 34.1 Å². The van der Waals surface area contributed by atoms with Gasteiger partial charge < -0.3 is 4.74 Å². The zero-order chi connectivity index (χ0) is 15.3. The third kappa shape index (κ3) is 4.32. The van der Waals surface area contributed by atoms with E-state index in [1.165, 1.54) is 6.07 Å². The molecule has 0 fully saturated rings. The van der Waals surface area contributed by atoms with Crippen molar-refractivity contribution in [2.24, 2.45) is 0 Å². The van der Waals surface area contributed by atoms with Crippen LogP contribution in [0.25, 0.3) is 0 Å². The number of nitrogens with zero attached hydrogens (tertiary/aromatic N) is 1. The summed E-state index contributed by atoms with van der Waals surface area (Å²) in [5.41, 5.74) is -4.73. The Hall–Kier alpha value is -1.39. The predicted molar refractivity (Wildman–Crippen MR) is 68.6 cm³/mol. The number of hydrogen-bond acceptors (Lipinski definition) is 4. The van der Waals surface area contributed by atoms with Crippen LogP contribution in [0.15, 0.2) is 17.0 Å². The molecular weight excluding hydrogens is 315 g/mol. The van der Waals surface area contributed by atoms with Gasteiger partial charge in [-0.3, -0.25) is 0 Å². The van der Waals surface area contributed by atoms with Crippen molar-refractivity contribution in [3.8, 4) is 6.07 Å². The van der Waals surface area contributed by atoms with Gasteiger partial charge >= 0.3 is 11.5 Å². The number of carbonyl (C=O) groups is 1. The van der Waals surface area contributed by atoms with Crippen molar-refractivity contribution in [1.82, 2.24) is 0 Å². The molecule has 0 saturated heterocycles. The van der Waals surface area contributed by atoms with Gasteiger partial charge in [-0.15, -0.1) is 11.6 Å². The van der Waals surface area contributed by atoms with Crippen LogP contribution >= 0.6 is 23.4 Å². The van der Waals surface area contributed by atoms with E-state index in [0.29, 0.717) is 0 Å². The SMILES string of the molecule is CCOC(=O)c1cc(C#N)c(SC(F)(F)F)c(CCl)c1. The van der Waals surface area contributed by atoms with Gasteiger partial charge in [0.05, 0.1) is 17.7 Å². The average Bonchev–Trinajstić information content (AvgIpc) is 2.37. The molecule has 0 aliphatic carbocycles. The first-order chi connectivity index (χ1) is 9.32. The van der Waals surface area contributed by atoms with Crippen LogP contribution in [0.1, 0.15) is 28.4 Å². The molecule has 1 aromatic carbocycles. The van der Waals surface area contributed by atoms with Gasteiger partial charge in [0.2, 0.25) is 0 Å². The fourth-order valence-electron chi connectivity index (χ4n) is 1.44. The van der Waals surface area contributed by atoms with Gasteiger partial charge in [0, 0.05) is 10.8 Å². The highest BCUT2D eigenvalue weighted by molar-refractivity contribution is 8.00. The topological polar surface area (TPSA) is 50.1 Å². The van der Waals surface area contributed by atoms with Crippen molar-refractivity contribution < 1.29 is 22.7 Å². The monoisotopic (exact) mass is 323 g/mol. The molecule has 0 aromatic heterocycles. The Morgan fingerprint density at radius 1 is 1.50 bits per heavy atom. The Morgan fingerprint density at radius 2 is 2.15 bits per heavy atom. The molecule has 0 bridgehead atoms. The molecule has 0 amide bonds. The minimum Gasteiger partial charge on any atom is -0.462 e. The van der Waals surface area contributed by atoms with E-state index >= 15 is 0 Å². The minimum absolute atomic E-state index is 0.00516. The third-order valence-corrected chi connectivity index (χ3v) is 3.36. The predicted octanol–water partition coefficient (Wildman–Crippen LogP) is 4.09. The Morgan fingerprint density at radius 3 is 2.60 bits per heavy atom. The van der Waals surface area contributed by atoms with E-state index in [1.54, 1.807) is 13.0 Å².